The van der Waals surface area contributed by atoms with Gasteiger partial charge in [0.15, 0.2) is 11.6 Å². The molecule has 1 aliphatic heterocycles. The fraction of sp³-hybridized carbons (Fsp3) is 0.280. The number of amides is 1. The second kappa shape index (κ2) is 7.15. The molecule has 158 valence electrons. The van der Waals surface area contributed by atoms with E-state index in [1.54, 1.807) is 11.8 Å². The number of nitrogens with zero attached hydrogens (tertiary/aromatic N) is 1. The lowest BCUT2D eigenvalue weighted by Gasteiger charge is -2.27. The molecule has 2 aliphatic rings. The molecule has 1 aliphatic carbocycles. The van der Waals surface area contributed by atoms with Crippen molar-refractivity contribution >= 4 is 22.4 Å². The first-order chi connectivity index (χ1) is 14.8. The van der Waals surface area contributed by atoms with E-state index in [1.807, 2.05) is 12.1 Å². The Morgan fingerprint density at radius 3 is 2.65 bits per heavy atom. The molecule has 6 heteroatoms. The van der Waals surface area contributed by atoms with Gasteiger partial charge in [-0.2, -0.15) is 0 Å². The van der Waals surface area contributed by atoms with Gasteiger partial charge in [-0.15, -0.1) is 0 Å². The zero-order chi connectivity index (χ0) is 21.9. The van der Waals surface area contributed by atoms with Crippen molar-refractivity contribution in [3.63, 3.8) is 0 Å². The van der Waals surface area contributed by atoms with Gasteiger partial charge in [0.25, 0.3) is 5.56 Å². The number of carbonyl (C=O) groups is 1. The summed E-state index contributed by atoms with van der Waals surface area (Å²) in [6, 6.07) is 10.6. The van der Waals surface area contributed by atoms with Gasteiger partial charge in [0.2, 0.25) is 5.91 Å². The number of hydrogen-bond donors (Lipinski definition) is 1. The second-order valence-corrected chi connectivity index (χ2v) is 8.50. The summed E-state index contributed by atoms with van der Waals surface area (Å²) in [6.45, 7) is 4.26. The number of hydrogen-bond acceptors (Lipinski definition) is 2. The quantitative estimate of drug-likeness (QED) is 0.688. The SMILES string of the molecule is Cc1ccccc1C1=C[C@@H]2C[C@H]1CN2C(=O)Cc1c(C)c2c(F)c(F)ccc2[nH]c1=O. The fourth-order valence-corrected chi connectivity index (χ4v) is 5.09. The maximum Gasteiger partial charge on any atom is 0.252 e. The molecule has 4 nitrogen and oxygen atoms in total. The van der Waals surface area contributed by atoms with Gasteiger partial charge in [0.05, 0.1) is 18.0 Å². The van der Waals surface area contributed by atoms with Gasteiger partial charge >= 0.3 is 0 Å². The molecular formula is C25H22F2N2O2. The monoisotopic (exact) mass is 420 g/mol. The Hall–Kier alpha value is -3.28. The predicted octanol–water partition coefficient (Wildman–Crippen LogP) is 4.28. The second-order valence-electron chi connectivity index (χ2n) is 8.50. The third kappa shape index (κ3) is 3.09. The van der Waals surface area contributed by atoms with Crippen LogP contribution in [0, 0.1) is 31.4 Å². The summed E-state index contributed by atoms with van der Waals surface area (Å²) in [6.07, 6.45) is 2.90. The number of halogens is 2. The highest BCUT2D eigenvalue weighted by molar-refractivity contribution is 5.87. The van der Waals surface area contributed by atoms with Crippen molar-refractivity contribution < 1.29 is 13.6 Å². The van der Waals surface area contributed by atoms with E-state index in [4.69, 9.17) is 0 Å². The Balaban J connectivity index is 1.44. The van der Waals surface area contributed by atoms with Crippen molar-refractivity contribution in [3.05, 3.63) is 86.7 Å². The van der Waals surface area contributed by atoms with Gasteiger partial charge in [-0.05, 0) is 54.7 Å². The number of pyridine rings is 1. The van der Waals surface area contributed by atoms with E-state index < -0.39 is 17.2 Å². The van der Waals surface area contributed by atoms with Crippen LogP contribution >= 0.6 is 0 Å². The smallest absolute Gasteiger partial charge is 0.252 e. The topological polar surface area (TPSA) is 53.2 Å². The number of benzene rings is 2. The molecule has 2 heterocycles. The molecule has 31 heavy (non-hydrogen) atoms. The van der Waals surface area contributed by atoms with Crippen LogP contribution in [0.5, 0.6) is 0 Å². The van der Waals surface area contributed by atoms with Crippen LogP contribution < -0.4 is 5.56 Å². The van der Waals surface area contributed by atoms with Crippen molar-refractivity contribution in [1.29, 1.82) is 0 Å². The molecule has 1 saturated heterocycles. The van der Waals surface area contributed by atoms with Crippen molar-refractivity contribution in [1.82, 2.24) is 9.88 Å². The van der Waals surface area contributed by atoms with Gasteiger partial charge in [0.1, 0.15) is 0 Å². The summed E-state index contributed by atoms with van der Waals surface area (Å²) in [5.41, 5.74) is 4.00. The summed E-state index contributed by atoms with van der Waals surface area (Å²) in [5.74, 6) is -1.88. The standard InChI is InChI=1S/C25H22F2N2O2/c1-13-5-3-4-6-17(13)19-10-16-9-15(19)12-29(16)22(30)11-18-14(2)23-21(28-25(18)31)8-7-20(26)24(23)27/h3-8,10,15-16H,9,11-12H2,1-2H3,(H,28,31)/t15-,16-/m0/s1. The minimum absolute atomic E-state index is 0.00105. The molecule has 1 fully saturated rings. The normalized spacial score (nSPS) is 19.9. The fourth-order valence-electron chi connectivity index (χ4n) is 5.09. The van der Waals surface area contributed by atoms with E-state index >= 15 is 0 Å². The van der Waals surface area contributed by atoms with E-state index in [0.717, 1.165) is 12.5 Å². The Kier molecular flexibility index (Phi) is 4.54. The molecule has 0 radical (unpaired) electrons. The molecule has 1 N–H and O–H groups in total. The minimum atomic E-state index is -1.01. The number of nitrogens with one attached hydrogen (secondary N) is 1. The maximum absolute atomic E-state index is 14.4. The molecule has 1 aromatic heterocycles. The van der Waals surface area contributed by atoms with Crippen LogP contribution in [-0.4, -0.2) is 28.4 Å². The van der Waals surface area contributed by atoms with Gasteiger partial charge in [-0.3, -0.25) is 9.59 Å². The Morgan fingerprint density at radius 2 is 1.94 bits per heavy atom. The highest BCUT2D eigenvalue weighted by atomic mass is 19.2. The zero-order valence-corrected chi connectivity index (χ0v) is 17.3. The molecule has 0 spiro atoms. The van der Waals surface area contributed by atoms with Crippen molar-refractivity contribution in [2.45, 2.75) is 32.7 Å². The van der Waals surface area contributed by atoms with Crippen molar-refractivity contribution in [2.24, 2.45) is 5.92 Å². The third-order valence-electron chi connectivity index (χ3n) is 6.70. The maximum atomic E-state index is 14.4. The van der Waals surface area contributed by atoms with Crippen LogP contribution in [0.4, 0.5) is 8.78 Å². The number of H-pyrrole nitrogens is 1. The Morgan fingerprint density at radius 1 is 1.16 bits per heavy atom. The first-order valence-electron chi connectivity index (χ1n) is 10.4. The van der Waals surface area contributed by atoms with Crippen molar-refractivity contribution in [2.75, 3.05) is 6.54 Å². The number of likely N-dealkylation sites (tertiary alicyclic amines) is 1. The average molecular weight is 420 g/mol. The number of aryl methyl sites for hydroxylation is 2. The van der Waals surface area contributed by atoms with Crippen LogP contribution in [-0.2, 0) is 11.2 Å². The van der Waals surface area contributed by atoms with E-state index in [2.05, 4.69) is 30.1 Å². The van der Waals surface area contributed by atoms with Crippen LogP contribution in [0.15, 0.2) is 47.3 Å². The zero-order valence-electron chi connectivity index (χ0n) is 17.3. The molecule has 3 aromatic rings. The van der Waals surface area contributed by atoms with E-state index in [-0.39, 0.29) is 40.8 Å². The molecule has 0 saturated carbocycles. The van der Waals surface area contributed by atoms with Crippen LogP contribution in [0.1, 0.15) is 28.7 Å². The molecule has 2 aromatic carbocycles. The average Bonchev–Trinajstić information content (AvgIpc) is 3.35. The number of aromatic nitrogens is 1. The Bertz CT molecular complexity index is 1330. The predicted molar refractivity (Wildman–Crippen MR) is 116 cm³/mol. The van der Waals surface area contributed by atoms with Gasteiger partial charge in [-0.25, -0.2) is 8.78 Å². The third-order valence-corrected chi connectivity index (χ3v) is 6.70. The van der Waals surface area contributed by atoms with E-state index in [1.165, 1.54) is 22.8 Å². The van der Waals surface area contributed by atoms with Gasteiger partial charge < -0.3 is 9.88 Å². The molecule has 5 rings (SSSR count). The highest BCUT2D eigenvalue weighted by Gasteiger charge is 2.41. The van der Waals surface area contributed by atoms with Crippen LogP contribution in [0.25, 0.3) is 16.5 Å². The summed E-state index contributed by atoms with van der Waals surface area (Å²) < 4.78 is 28.1. The molecule has 2 atom stereocenters. The number of aromatic amines is 1. The Labute approximate surface area is 178 Å². The van der Waals surface area contributed by atoms with Gasteiger partial charge in [0, 0.05) is 23.4 Å². The largest absolute Gasteiger partial charge is 0.335 e. The summed E-state index contributed by atoms with van der Waals surface area (Å²) >= 11 is 0. The van der Waals surface area contributed by atoms with Crippen LogP contribution in [0.2, 0.25) is 0 Å². The van der Waals surface area contributed by atoms with Gasteiger partial charge in [-0.1, -0.05) is 30.3 Å². The lowest BCUT2D eigenvalue weighted by molar-refractivity contribution is -0.130. The summed E-state index contributed by atoms with van der Waals surface area (Å²) in [7, 11) is 0. The number of rotatable bonds is 3. The highest BCUT2D eigenvalue weighted by Crippen LogP contribution is 2.43. The minimum Gasteiger partial charge on any atom is -0.335 e. The molecular weight excluding hydrogens is 398 g/mol. The molecule has 1 amide bonds. The summed E-state index contributed by atoms with van der Waals surface area (Å²) in [5, 5.41) is 0.0204. The first-order valence-corrected chi connectivity index (χ1v) is 10.4. The van der Waals surface area contributed by atoms with E-state index in [9.17, 15) is 18.4 Å². The lowest BCUT2D eigenvalue weighted by atomic mass is 9.92. The number of fused-ring (bicyclic) bond motifs is 3. The first kappa shape index (κ1) is 19.7. The van der Waals surface area contributed by atoms with Crippen LogP contribution in [0.3, 0.4) is 0 Å². The number of carbonyl (C=O) groups excluding carboxylic acids is 1. The summed E-state index contributed by atoms with van der Waals surface area (Å²) in [4.78, 5) is 30.1. The molecule has 0 unspecified atom stereocenters. The van der Waals surface area contributed by atoms with E-state index in [0.29, 0.717) is 12.1 Å². The lowest BCUT2D eigenvalue weighted by Crippen LogP contribution is -2.38. The van der Waals surface area contributed by atoms with Crippen molar-refractivity contribution in [3.8, 4) is 0 Å². The molecule has 2 bridgehead atoms.